The van der Waals surface area contributed by atoms with Crippen molar-refractivity contribution < 1.29 is 18.3 Å². The third-order valence-corrected chi connectivity index (χ3v) is 6.91. The lowest BCUT2D eigenvalue weighted by atomic mass is 10.2. The molecule has 2 N–H and O–H groups in total. The molecule has 5 nitrogen and oxygen atoms in total. The number of benzene rings is 2. The molecule has 0 aliphatic rings. The van der Waals surface area contributed by atoms with E-state index in [0.717, 1.165) is 16.9 Å². The summed E-state index contributed by atoms with van der Waals surface area (Å²) < 4.78 is 27.7. The zero-order valence-corrected chi connectivity index (χ0v) is 16.1. The fourth-order valence-electron chi connectivity index (χ4n) is 2.31. The molecule has 0 radical (unpaired) electrons. The van der Waals surface area contributed by atoms with Gasteiger partial charge in [-0.1, -0.05) is 59.6 Å². The van der Waals surface area contributed by atoms with E-state index in [1.54, 1.807) is 12.1 Å². The van der Waals surface area contributed by atoms with E-state index >= 15 is 0 Å². The minimum Gasteiger partial charge on any atom is -0.477 e. The molecule has 3 aromatic rings. The van der Waals surface area contributed by atoms with Crippen LogP contribution < -0.4 is 4.72 Å². The molecule has 2 aromatic carbocycles. The van der Waals surface area contributed by atoms with Crippen molar-refractivity contribution in [3.05, 3.63) is 69.5 Å². The van der Waals surface area contributed by atoms with Crippen molar-refractivity contribution in [2.75, 3.05) is 4.72 Å². The molecule has 0 aliphatic heterocycles. The Balaban J connectivity index is 2.07. The third kappa shape index (κ3) is 3.71. The number of rotatable bonds is 5. The van der Waals surface area contributed by atoms with Gasteiger partial charge in [-0.25, -0.2) is 13.2 Å². The highest BCUT2D eigenvalue weighted by Crippen LogP contribution is 2.37. The second-order valence-corrected chi connectivity index (χ2v) is 8.67. The first-order valence-electron chi connectivity index (χ1n) is 7.19. The van der Waals surface area contributed by atoms with Crippen LogP contribution in [0.1, 0.15) is 9.67 Å². The van der Waals surface area contributed by atoms with E-state index in [-0.39, 0.29) is 25.5 Å². The largest absolute Gasteiger partial charge is 0.477 e. The van der Waals surface area contributed by atoms with Crippen LogP contribution in [0.3, 0.4) is 0 Å². The van der Waals surface area contributed by atoms with Crippen LogP contribution in [0.4, 0.5) is 5.69 Å². The number of hydrogen-bond donors (Lipinski definition) is 2. The Labute approximate surface area is 163 Å². The van der Waals surface area contributed by atoms with Crippen molar-refractivity contribution in [3.8, 4) is 10.4 Å². The highest BCUT2D eigenvalue weighted by Gasteiger charge is 2.25. The van der Waals surface area contributed by atoms with E-state index in [1.807, 2.05) is 18.2 Å². The minimum absolute atomic E-state index is 0.0441. The number of carboxylic acid groups (broad SMARTS) is 1. The fraction of sp³-hybridized carbons (Fsp3) is 0. The van der Waals surface area contributed by atoms with Gasteiger partial charge in [-0.05, 0) is 23.8 Å². The molecule has 0 aliphatic carbocycles. The lowest BCUT2D eigenvalue weighted by Crippen LogP contribution is -2.15. The van der Waals surface area contributed by atoms with Gasteiger partial charge in [0.2, 0.25) is 0 Å². The first kappa shape index (κ1) is 18.7. The zero-order chi connectivity index (χ0) is 18.9. The van der Waals surface area contributed by atoms with Gasteiger partial charge in [0.05, 0.1) is 15.7 Å². The van der Waals surface area contributed by atoms with Crippen LogP contribution >= 0.6 is 34.5 Å². The van der Waals surface area contributed by atoms with Crippen molar-refractivity contribution in [1.82, 2.24) is 0 Å². The van der Waals surface area contributed by atoms with Crippen molar-refractivity contribution in [1.29, 1.82) is 0 Å². The van der Waals surface area contributed by atoms with Gasteiger partial charge in [0.25, 0.3) is 10.0 Å². The van der Waals surface area contributed by atoms with E-state index in [9.17, 15) is 18.3 Å². The first-order chi connectivity index (χ1) is 12.3. The number of anilines is 1. The molecular weight excluding hydrogens is 417 g/mol. The highest BCUT2D eigenvalue weighted by molar-refractivity contribution is 7.93. The molecule has 134 valence electrons. The van der Waals surface area contributed by atoms with E-state index in [2.05, 4.69) is 4.72 Å². The summed E-state index contributed by atoms with van der Waals surface area (Å²) in [5.74, 6) is -1.24. The van der Waals surface area contributed by atoms with Crippen LogP contribution in [-0.4, -0.2) is 19.5 Å². The topological polar surface area (TPSA) is 83.5 Å². The number of carboxylic acids is 1. The van der Waals surface area contributed by atoms with Gasteiger partial charge in [0.1, 0.15) is 9.77 Å². The smallest absolute Gasteiger partial charge is 0.348 e. The molecule has 0 bridgehead atoms. The van der Waals surface area contributed by atoms with Gasteiger partial charge < -0.3 is 5.11 Å². The van der Waals surface area contributed by atoms with Crippen LogP contribution in [0.5, 0.6) is 0 Å². The van der Waals surface area contributed by atoms with Crippen LogP contribution in [0, 0.1) is 0 Å². The number of aromatic carboxylic acids is 1. The molecular formula is C17H11Cl2NO4S2. The van der Waals surface area contributed by atoms with Crippen molar-refractivity contribution in [2.24, 2.45) is 0 Å². The summed E-state index contributed by atoms with van der Waals surface area (Å²) in [6, 6.07) is 14.8. The maximum absolute atomic E-state index is 12.7. The van der Waals surface area contributed by atoms with Gasteiger partial charge in [0.15, 0.2) is 0 Å². The molecule has 0 saturated heterocycles. The van der Waals surface area contributed by atoms with Gasteiger partial charge in [-0.2, -0.15) is 0 Å². The summed E-state index contributed by atoms with van der Waals surface area (Å²) in [7, 11) is -4.17. The summed E-state index contributed by atoms with van der Waals surface area (Å²) in [6.07, 6.45) is 0. The number of sulfonamides is 1. The summed E-state index contributed by atoms with van der Waals surface area (Å²) in [4.78, 5) is 11.7. The Hall–Kier alpha value is -2.06. The number of hydrogen-bond acceptors (Lipinski definition) is 4. The maximum Gasteiger partial charge on any atom is 0.348 e. The summed E-state index contributed by atoms with van der Waals surface area (Å²) >= 11 is 12.9. The molecule has 26 heavy (non-hydrogen) atoms. The monoisotopic (exact) mass is 427 g/mol. The van der Waals surface area contributed by atoms with E-state index in [0.29, 0.717) is 4.88 Å². The van der Waals surface area contributed by atoms with Gasteiger partial charge in [-0.15, -0.1) is 11.3 Å². The van der Waals surface area contributed by atoms with E-state index in [1.165, 1.54) is 24.3 Å². The number of nitrogens with one attached hydrogen (secondary N) is 1. The SMILES string of the molecule is O=C(O)c1sc(-c2ccccc2)cc1NS(=O)(=O)c1c(Cl)cccc1Cl. The van der Waals surface area contributed by atoms with Crippen LogP contribution in [0.15, 0.2) is 59.5 Å². The molecule has 0 fully saturated rings. The predicted octanol–water partition coefficient (Wildman–Crippen LogP) is 5.22. The number of thiophene rings is 1. The second-order valence-electron chi connectivity index (χ2n) is 5.18. The van der Waals surface area contributed by atoms with Gasteiger partial charge in [-0.3, -0.25) is 4.72 Å². The van der Waals surface area contributed by atoms with Crippen molar-refractivity contribution in [2.45, 2.75) is 4.90 Å². The molecule has 0 atom stereocenters. The molecule has 1 aromatic heterocycles. The Morgan fingerprint density at radius 1 is 1.00 bits per heavy atom. The quantitative estimate of drug-likeness (QED) is 0.584. The molecule has 0 unspecified atom stereocenters. The predicted molar refractivity (Wildman–Crippen MR) is 104 cm³/mol. The van der Waals surface area contributed by atoms with Crippen molar-refractivity contribution in [3.63, 3.8) is 0 Å². The zero-order valence-electron chi connectivity index (χ0n) is 12.9. The van der Waals surface area contributed by atoms with E-state index in [4.69, 9.17) is 23.2 Å². The molecule has 0 spiro atoms. The highest BCUT2D eigenvalue weighted by atomic mass is 35.5. The van der Waals surface area contributed by atoms with Crippen LogP contribution in [-0.2, 0) is 10.0 Å². The lowest BCUT2D eigenvalue weighted by Gasteiger charge is -2.10. The van der Waals surface area contributed by atoms with E-state index < -0.39 is 16.0 Å². The summed E-state index contributed by atoms with van der Waals surface area (Å²) in [5.41, 5.74) is 0.735. The Kier molecular flexibility index (Phi) is 5.24. The standard InChI is InChI=1S/C17H11Cl2NO4S2/c18-11-7-4-8-12(19)16(11)26(23,24)20-13-9-14(25-15(13)17(21)22)10-5-2-1-3-6-10/h1-9,20H,(H,21,22). The molecule has 3 rings (SSSR count). The lowest BCUT2D eigenvalue weighted by molar-refractivity contribution is 0.0703. The number of carbonyl (C=O) groups is 1. The Morgan fingerprint density at radius 2 is 1.62 bits per heavy atom. The van der Waals surface area contributed by atoms with Crippen LogP contribution in [0.25, 0.3) is 10.4 Å². The Morgan fingerprint density at radius 3 is 2.19 bits per heavy atom. The van der Waals surface area contributed by atoms with Crippen LogP contribution in [0.2, 0.25) is 10.0 Å². The maximum atomic E-state index is 12.7. The van der Waals surface area contributed by atoms with Gasteiger partial charge >= 0.3 is 5.97 Å². The second kappa shape index (κ2) is 7.28. The summed E-state index contributed by atoms with van der Waals surface area (Å²) in [5, 5.41) is 9.32. The van der Waals surface area contributed by atoms with Gasteiger partial charge in [0, 0.05) is 4.88 Å². The molecule has 0 saturated carbocycles. The average molecular weight is 428 g/mol. The number of halogens is 2. The molecule has 9 heteroatoms. The first-order valence-corrected chi connectivity index (χ1v) is 10.2. The molecule has 0 amide bonds. The third-order valence-electron chi connectivity index (χ3n) is 3.42. The normalized spacial score (nSPS) is 11.3. The average Bonchev–Trinajstić information content (AvgIpc) is 2.98. The van der Waals surface area contributed by atoms with Crippen molar-refractivity contribution >= 4 is 56.2 Å². The Bertz CT molecular complexity index is 1060. The fourth-order valence-corrected chi connectivity index (χ4v) is 5.54. The summed E-state index contributed by atoms with van der Waals surface area (Å²) in [6.45, 7) is 0. The minimum atomic E-state index is -4.17. The molecule has 1 heterocycles.